The summed E-state index contributed by atoms with van der Waals surface area (Å²) in [5.41, 5.74) is 1.05. The van der Waals surface area contributed by atoms with Crippen molar-refractivity contribution in [3.63, 3.8) is 0 Å². The first kappa shape index (κ1) is 16.0. The number of aliphatic hydroxyl groups excluding tert-OH is 1. The molecule has 0 amide bonds. The van der Waals surface area contributed by atoms with Crippen molar-refractivity contribution in [2.75, 3.05) is 6.61 Å². The molecule has 1 aliphatic rings. The van der Waals surface area contributed by atoms with E-state index < -0.39 is 0 Å². The number of rotatable bonds is 5. The van der Waals surface area contributed by atoms with E-state index in [2.05, 4.69) is 52.4 Å². The van der Waals surface area contributed by atoms with Gasteiger partial charge in [0.05, 0.1) is 6.61 Å². The summed E-state index contributed by atoms with van der Waals surface area (Å²) >= 11 is 3.47. The topological polar surface area (TPSA) is 32.3 Å². The van der Waals surface area contributed by atoms with Gasteiger partial charge in [0.2, 0.25) is 0 Å². The first-order valence-electron chi connectivity index (χ1n) is 7.74. The first-order chi connectivity index (χ1) is 9.61. The van der Waals surface area contributed by atoms with Crippen LogP contribution in [-0.4, -0.2) is 23.3 Å². The van der Waals surface area contributed by atoms with E-state index in [1.807, 2.05) is 0 Å². The maximum Gasteiger partial charge on any atom is 0.0613 e. The molecule has 0 aliphatic heterocycles. The van der Waals surface area contributed by atoms with Gasteiger partial charge in [0.25, 0.3) is 0 Å². The Morgan fingerprint density at radius 1 is 1.15 bits per heavy atom. The molecule has 0 spiro atoms. The third kappa shape index (κ3) is 4.87. The number of benzene rings is 1. The van der Waals surface area contributed by atoms with Crippen molar-refractivity contribution in [1.82, 2.24) is 5.32 Å². The predicted octanol–water partition coefficient (Wildman–Crippen LogP) is 4.06. The zero-order valence-corrected chi connectivity index (χ0v) is 14.0. The van der Waals surface area contributed by atoms with Crippen molar-refractivity contribution in [1.29, 1.82) is 0 Å². The van der Waals surface area contributed by atoms with Crippen LogP contribution in [0.25, 0.3) is 0 Å². The van der Waals surface area contributed by atoms with Crippen LogP contribution in [0.2, 0.25) is 0 Å². The highest BCUT2D eigenvalue weighted by Gasteiger charge is 2.27. The second-order valence-corrected chi connectivity index (χ2v) is 7.27. The Kier molecular flexibility index (Phi) is 6.06. The van der Waals surface area contributed by atoms with Crippen LogP contribution in [0.5, 0.6) is 0 Å². The van der Waals surface area contributed by atoms with Gasteiger partial charge in [-0.2, -0.15) is 0 Å². The van der Waals surface area contributed by atoms with Crippen LogP contribution in [0.4, 0.5) is 0 Å². The molecule has 1 fully saturated rings. The highest BCUT2D eigenvalue weighted by molar-refractivity contribution is 9.10. The fourth-order valence-electron chi connectivity index (χ4n) is 3.12. The monoisotopic (exact) mass is 339 g/mol. The maximum absolute atomic E-state index is 9.83. The van der Waals surface area contributed by atoms with Crippen LogP contribution in [0, 0.1) is 0 Å². The Labute approximate surface area is 131 Å². The number of halogens is 1. The minimum Gasteiger partial charge on any atom is -0.394 e. The van der Waals surface area contributed by atoms with E-state index in [4.69, 9.17) is 0 Å². The fourth-order valence-corrected chi connectivity index (χ4v) is 3.39. The van der Waals surface area contributed by atoms with Gasteiger partial charge < -0.3 is 10.4 Å². The van der Waals surface area contributed by atoms with E-state index in [1.54, 1.807) is 0 Å². The van der Waals surface area contributed by atoms with Crippen molar-refractivity contribution in [2.24, 2.45) is 0 Å². The first-order valence-corrected chi connectivity index (χ1v) is 8.54. The van der Waals surface area contributed by atoms with Crippen molar-refractivity contribution < 1.29 is 5.11 Å². The molecule has 0 radical (unpaired) electrons. The van der Waals surface area contributed by atoms with Gasteiger partial charge in [0, 0.05) is 16.1 Å². The average Bonchev–Trinajstić information content (AvgIpc) is 2.70. The Hall–Kier alpha value is -0.380. The number of hydrogen-bond acceptors (Lipinski definition) is 2. The molecular formula is C17H26BrNO. The van der Waals surface area contributed by atoms with E-state index in [-0.39, 0.29) is 12.1 Å². The SMILES string of the molecule is CC(CO)(Cc1ccc(Br)cc1)NC1CCCCCC1. The molecule has 1 atom stereocenters. The molecule has 1 aromatic rings. The summed E-state index contributed by atoms with van der Waals surface area (Å²) in [6.07, 6.45) is 8.72. The van der Waals surface area contributed by atoms with Gasteiger partial charge in [-0.3, -0.25) is 0 Å². The molecule has 3 heteroatoms. The van der Waals surface area contributed by atoms with Crippen LogP contribution < -0.4 is 5.32 Å². The van der Waals surface area contributed by atoms with Crippen LogP contribution >= 0.6 is 15.9 Å². The molecule has 2 nitrogen and oxygen atoms in total. The molecule has 1 saturated carbocycles. The van der Waals surface area contributed by atoms with E-state index >= 15 is 0 Å². The minimum absolute atomic E-state index is 0.180. The summed E-state index contributed by atoms with van der Waals surface area (Å²) in [5, 5.41) is 13.6. The van der Waals surface area contributed by atoms with Crippen molar-refractivity contribution in [3.05, 3.63) is 34.3 Å². The molecule has 0 aromatic heterocycles. The van der Waals surface area contributed by atoms with Gasteiger partial charge in [-0.25, -0.2) is 0 Å². The number of aliphatic hydroxyl groups is 1. The Morgan fingerprint density at radius 3 is 2.30 bits per heavy atom. The zero-order chi connectivity index (χ0) is 14.4. The molecular weight excluding hydrogens is 314 g/mol. The molecule has 1 aromatic carbocycles. The third-order valence-corrected chi connectivity index (χ3v) is 4.79. The summed E-state index contributed by atoms with van der Waals surface area (Å²) in [6.45, 7) is 2.32. The smallest absolute Gasteiger partial charge is 0.0613 e. The van der Waals surface area contributed by atoms with E-state index in [1.165, 1.54) is 44.1 Å². The lowest BCUT2D eigenvalue weighted by atomic mass is 9.91. The fraction of sp³-hybridized carbons (Fsp3) is 0.647. The average molecular weight is 340 g/mol. The zero-order valence-electron chi connectivity index (χ0n) is 12.4. The molecule has 112 valence electrons. The largest absolute Gasteiger partial charge is 0.394 e. The van der Waals surface area contributed by atoms with Gasteiger partial charge in [-0.15, -0.1) is 0 Å². The van der Waals surface area contributed by atoms with Crippen LogP contribution in [0.15, 0.2) is 28.7 Å². The summed E-state index contributed by atoms with van der Waals surface area (Å²) in [4.78, 5) is 0. The molecule has 0 bridgehead atoms. The third-order valence-electron chi connectivity index (χ3n) is 4.26. The molecule has 1 unspecified atom stereocenters. The van der Waals surface area contributed by atoms with Crippen molar-refractivity contribution >= 4 is 15.9 Å². The Balaban J connectivity index is 1.98. The van der Waals surface area contributed by atoms with Crippen LogP contribution in [0.1, 0.15) is 51.0 Å². The second kappa shape index (κ2) is 7.58. The minimum atomic E-state index is -0.219. The van der Waals surface area contributed by atoms with E-state index in [0.717, 1.165) is 10.9 Å². The van der Waals surface area contributed by atoms with Gasteiger partial charge in [-0.05, 0) is 43.9 Å². The van der Waals surface area contributed by atoms with Crippen LogP contribution in [0.3, 0.4) is 0 Å². The molecule has 0 heterocycles. The highest BCUT2D eigenvalue weighted by Crippen LogP contribution is 2.22. The second-order valence-electron chi connectivity index (χ2n) is 6.35. The van der Waals surface area contributed by atoms with Crippen LogP contribution in [-0.2, 0) is 6.42 Å². The standard InChI is InChI=1S/C17H26BrNO/c1-17(13-20,12-14-8-10-15(18)11-9-14)19-16-6-4-2-3-5-7-16/h8-11,16,19-20H,2-7,12-13H2,1H3. The quantitative estimate of drug-likeness (QED) is 0.793. The van der Waals surface area contributed by atoms with Gasteiger partial charge in [-0.1, -0.05) is 53.7 Å². The van der Waals surface area contributed by atoms with Gasteiger partial charge in [0.15, 0.2) is 0 Å². The predicted molar refractivity (Wildman–Crippen MR) is 88.0 cm³/mol. The summed E-state index contributed by atoms with van der Waals surface area (Å²) in [7, 11) is 0. The number of nitrogens with one attached hydrogen (secondary N) is 1. The lowest BCUT2D eigenvalue weighted by Crippen LogP contribution is -2.52. The lowest BCUT2D eigenvalue weighted by molar-refractivity contribution is 0.156. The lowest BCUT2D eigenvalue weighted by Gasteiger charge is -2.34. The van der Waals surface area contributed by atoms with E-state index in [9.17, 15) is 5.11 Å². The molecule has 20 heavy (non-hydrogen) atoms. The Bertz CT molecular complexity index is 398. The highest BCUT2D eigenvalue weighted by atomic mass is 79.9. The molecule has 2 rings (SSSR count). The van der Waals surface area contributed by atoms with Crippen molar-refractivity contribution in [3.8, 4) is 0 Å². The Morgan fingerprint density at radius 2 is 1.75 bits per heavy atom. The summed E-state index contributed by atoms with van der Waals surface area (Å²) in [5.74, 6) is 0. The molecule has 0 saturated heterocycles. The van der Waals surface area contributed by atoms with Gasteiger partial charge >= 0.3 is 0 Å². The summed E-state index contributed by atoms with van der Waals surface area (Å²) < 4.78 is 1.10. The molecule has 2 N–H and O–H groups in total. The normalized spacial score (nSPS) is 20.4. The molecule has 1 aliphatic carbocycles. The summed E-state index contributed by atoms with van der Waals surface area (Å²) in [6, 6.07) is 8.96. The number of hydrogen-bond donors (Lipinski definition) is 2. The van der Waals surface area contributed by atoms with Gasteiger partial charge in [0.1, 0.15) is 0 Å². The van der Waals surface area contributed by atoms with Crippen molar-refractivity contribution in [2.45, 2.75) is 63.5 Å². The van der Waals surface area contributed by atoms with E-state index in [0.29, 0.717) is 6.04 Å². The maximum atomic E-state index is 9.83.